The van der Waals surface area contributed by atoms with Crippen LogP contribution in [0, 0.1) is 6.92 Å². The third-order valence-electron chi connectivity index (χ3n) is 4.13. The lowest BCUT2D eigenvalue weighted by atomic mass is 10.0. The van der Waals surface area contributed by atoms with E-state index in [2.05, 4.69) is 15.5 Å². The summed E-state index contributed by atoms with van der Waals surface area (Å²) in [6.07, 6.45) is 0. The molecule has 0 radical (unpaired) electrons. The molecule has 1 amide bonds. The second-order valence-electron chi connectivity index (χ2n) is 5.92. The van der Waals surface area contributed by atoms with E-state index in [4.69, 9.17) is 27.7 Å². The van der Waals surface area contributed by atoms with Crippen LogP contribution in [-0.2, 0) is 0 Å². The minimum absolute atomic E-state index is 0.281. The predicted molar refractivity (Wildman–Crippen MR) is 106 cm³/mol. The summed E-state index contributed by atoms with van der Waals surface area (Å²) in [5.74, 6) is -0.352. The van der Waals surface area contributed by atoms with Crippen LogP contribution in [0.3, 0.4) is 0 Å². The molecule has 4 rings (SSSR count). The molecule has 7 heteroatoms. The van der Waals surface area contributed by atoms with Crippen LogP contribution in [0.1, 0.15) is 16.1 Å². The van der Waals surface area contributed by atoms with Gasteiger partial charge in [0.25, 0.3) is 11.6 Å². The van der Waals surface area contributed by atoms with Gasteiger partial charge in [-0.3, -0.25) is 4.79 Å². The monoisotopic (exact) mass is 397 g/mol. The molecule has 0 saturated heterocycles. The van der Waals surface area contributed by atoms with Gasteiger partial charge in [-0.25, -0.2) is 4.98 Å². The molecular formula is C20H13Cl2N3O2. The van der Waals surface area contributed by atoms with Crippen LogP contribution >= 0.6 is 23.2 Å². The third-order valence-corrected chi connectivity index (χ3v) is 4.95. The molecule has 134 valence electrons. The van der Waals surface area contributed by atoms with E-state index < -0.39 is 0 Å². The zero-order chi connectivity index (χ0) is 19.0. The number of hydrogen-bond donors (Lipinski definition) is 1. The van der Waals surface area contributed by atoms with Crippen molar-refractivity contribution in [2.75, 3.05) is 5.32 Å². The van der Waals surface area contributed by atoms with Gasteiger partial charge < -0.3 is 9.84 Å². The Hall–Kier alpha value is -2.89. The number of pyridine rings is 1. The van der Waals surface area contributed by atoms with Crippen molar-refractivity contribution in [3.63, 3.8) is 0 Å². The maximum absolute atomic E-state index is 13.0. The van der Waals surface area contributed by atoms with Crippen LogP contribution in [-0.4, -0.2) is 16.0 Å². The molecular weight excluding hydrogens is 385 g/mol. The lowest BCUT2D eigenvalue weighted by Gasteiger charge is -2.10. The van der Waals surface area contributed by atoms with E-state index in [9.17, 15) is 4.79 Å². The van der Waals surface area contributed by atoms with E-state index in [1.807, 2.05) is 30.3 Å². The summed E-state index contributed by atoms with van der Waals surface area (Å²) in [6.45, 7) is 1.76. The molecule has 0 aliphatic carbocycles. The SMILES string of the molecule is Cc1noc2nc(-c3ccccc3)cc(C(=O)Nc3cccc(Cl)c3Cl)c12. The summed E-state index contributed by atoms with van der Waals surface area (Å²) in [6, 6.07) is 16.3. The van der Waals surface area contributed by atoms with Crippen LogP contribution in [0.5, 0.6) is 0 Å². The Balaban J connectivity index is 1.83. The minimum Gasteiger partial charge on any atom is -0.335 e. The van der Waals surface area contributed by atoms with Crippen molar-refractivity contribution in [2.24, 2.45) is 0 Å². The molecule has 0 saturated carbocycles. The van der Waals surface area contributed by atoms with Gasteiger partial charge in [0.15, 0.2) is 0 Å². The van der Waals surface area contributed by atoms with E-state index in [-0.39, 0.29) is 10.9 Å². The zero-order valence-corrected chi connectivity index (χ0v) is 15.7. The second kappa shape index (κ2) is 7.02. The Morgan fingerprint density at radius 1 is 1.07 bits per heavy atom. The topological polar surface area (TPSA) is 68.0 Å². The van der Waals surface area contributed by atoms with Crippen molar-refractivity contribution in [3.8, 4) is 11.3 Å². The van der Waals surface area contributed by atoms with Gasteiger partial charge in [-0.15, -0.1) is 0 Å². The highest BCUT2D eigenvalue weighted by molar-refractivity contribution is 6.44. The number of fused-ring (bicyclic) bond motifs is 1. The summed E-state index contributed by atoms with van der Waals surface area (Å²) in [5, 5.41) is 7.95. The number of hydrogen-bond acceptors (Lipinski definition) is 4. The molecule has 27 heavy (non-hydrogen) atoms. The van der Waals surface area contributed by atoms with Crippen LogP contribution in [0.15, 0.2) is 59.1 Å². The van der Waals surface area contributed by atoms with E-state index in [1.54, 1.807) is 31.2 Å². The van der Waals surface area contributed by atoms with E-state index in [0.29, 0.717) is 38.8 Å². The van der Waals surface area contributed by atoms with Crippen LogP contribution in [0.25, 0.3) is 22.4 Å². The summed E-state index contributed by atoms with van der Waals surface area (Å²) in [4.78, 5) is 17.5. The standard InChI is InChI=1S/C20H13Cl2N3O2/c1-11-17-13(19(26)23-15-9-5-8-14(21)18(15)22)10-16(24-20(17)27-25-11)12-6-3-2-4-7-12/h2-10H,1H3,(H,23,26). The molecule has 0 aliphatic rings. The van der Waals surface area contributed by atoms with Gasteiger partial charge in [-0.05, 0) is 25.1 Å². The number of benzene rings is 2. The molecule has 0 atom stereocenters. The number of halogens is 2. The number of carbonyl (C=O) groups excluding carboxylic acids is 1. The normalized spacial score (nSPS) is 10.9. The Kier molecular flexibility index (Phi) is 4.56. The van der Waals surface area contributed by atoms with Crippen molar-refractivity contribution >= 4 is 45.9 Å². The minimum atomic E-state index is -0.352. The fraction of sp³-hybridized carbons (Fsp3) is 0.0500. The first-order valence-electron chi connectivity index (χ1n) is 8.12. The van der Waals surface area contributed by atoms with Crippen molar-refractivity contribution in [1.29, 1.82) is 0 Å². The van der Waals surface area contributed by atoms with Crippen molar-refractivity contribution < 1.29 is 9.32 Å². The Bertz CT molecular complexity index is 1160. The maximum atomic E-state index is 13.0. The molecule has 4 aromatic rings. The van der Waals surface area contributed by atoms with Crippen LogP contribution in [0.4, 0.5) is 5.69 Å². The quantitative estimate of drug-likeness (QED) is 0.477. The lowest BCUT2D eigenvalue weighted by Crippen LogP contribution is -2.13. The van der Waals surface area contributed by atoms with Crippen LogP contribution < -0.4 is 5.32 Å². The average molecular weight is 398 g/mol. The van der Waals surface area contributed by atoms with Gasteiger partial charge in [-0.2, -0.15) is 0 Å². The molecule has 0 spiro atoms. The molecule has 0 unspecified atom stereocenters. The van der Waals surface area contributed by atoms with E-state index >= 15 is 0 Å². The largest absolute Gasteiger partial charge is 0.335 e. The number of nitrogens with one attached hydrogen (secondary N) is 1. The highest BCUT2D eigenvalue weighted by Crippen LogP contribution is 2.31. The Morgan fingerprint density at radius 3 is 2.63 bits per heavy atom. The van der Waals surface area contributed by atoms with Gasteiger partial charge in [0.1, 0.15) is 0 Å². The molecule has 1 N–H and O–H groups in total. The number of aryl methyl sites for hydroxylation is 1. The highest BCUT2D eigenvalue weighted by Gasteiger charge is 2.20. The van der Waals surface area contributed by atoms with Gasteiger partial charge >= 0.3 is 0 Å². The Labute approximate surface area is 164 Å². The van der Waals surface area contributed by atoms with Crippen molar-refractivity contribution in [1.82, 2.24) is 10.1 Å². The third kappa shape index (κ3) is 3.27. The van der Waals surface area contributed by atoms with E-state index in [0.717, 1.165) is 5.56 Å². The molecule has 0 bridgehead atoms. The van der Waals surface area contributed by atoms with E-state index in [1.165, 1.54) is 0 Å². The molecule has 5 nitrogen and oxygen atoms in total. The lowest BCUT2D eigenvalue weighted by molar-refractivity contribution is 0.102. The number of nitrogens with zero attached hydrogens (tertiary/aromatic N) is 2. The van der Waals surface area contributed by atoms with Gasteiger partial charge in [0, 0.05) is 5.56 Å². The Morgan fingerprint density at radius 2 is 1.85 bits per heavy atom. The van der Waals surface area contributed by atoms with Gasteiger partial charge in [0.05, 0.1) is 38.1 Å². The van der Waals surface area contributed by atoms with Gasteiger partial charge in [0.2, 0.25) is 0 Å². The average Bonchev–Trinajstić information content (AvgIpc) is 3.06. The van der Waals surface area contributed by atoms with Crippen molar-refractivity contribution in [2.45, 2.75) is 6.92 Å². The summed E-state index contributed by atoms with van der Waals surface area (Å²) >= 11 is 12.2. The number of carbonyl (C=O) groups is 1. The number of rotatable bonds is 3. The van der Waals surface area contributed by atoms with Gasteiger partial charge in [-0.1, -0.05) is 64.8 Å². The smallest absolute Gasteiger partial charge is 0.259 e. The molecule has 0 fully saturated rings. The fourth-order valence-electron chi connectivity index (χ4n) is 2.82. The second-order valence-corrected chi connectivity index (χ2v) is 6.71. The maximum Gasteiger partial charge on any atom is 0.259 e. The fourth-order valence-corrected chi connectivity index (χ4v) is 3.17. The predicted octanol–water partition coefficient (Wildman–Crippen LogP) is 5.76. The summed E-state index contributed by atoms with van der Waals surface area (Å²) in [5.41, 5.74) is 3.18. The highest BCUT2D eigenvalue weighted by atomic mass is 35.5. The van der Waals surface area contributed by atoms with Crippen LogP contribution in [0.2, 0.25) is 10.0 Å². The first-order chi connectivity index (χ1) is 13.0. The number of amides is 1. The number of anilines is 1. The summed E-state index contributed by atoms with van der Waals surface area (Å²) < 4.78 is 5.31. The first kappa shape index (κ1) is 17.5. The first-order valence-corrected chi connectivity index (χ1v) is 8.88. The molecule has 2 heterocycles. The molecule has 2 aromatic carbocycles. The zero-order valence-electron chi connectivity index (χ0n) is 14.2. The molecule has 0 aliphatic heterocycles. The molecule has 2 aromatic heterocycles. The number of aromatic nitrogens is 2. The summed E-state index contributed by atoms with van der Waals surface area (Å²) in [7, 11) is 0. The van der Waals surface area contributed by atoms with Crippen molar-refractivity contribution in [3.05, 3.63) is 75.9 Å².